The smallest absolute Gasteiger partial charge is 0.133 e. The molecule has 0 aliphatic heterocycles. The number of benzene rings is 1. The lowest BCUT2D eigenvalue weighted by Crippen LogP contribution is -2.09. The number of aryl methyl sites for hydroxylation is 1. The van der Waals surface area contributed by atoms with E-state index in [9.17, 15) is 4.39 Å². The van der Waals surface area contributed by atoms with Gasteiger partial charge in [0.1, 0.15) is 10.8 Å². The fourth-order valence-electron chi connectivity index (χ4n) is 1.65. The van der Waals surface area contributed by atoms with Gasteiger partial charge in [0.05, 0.1) is 5.69 Å². The van der Waals surface area contributed by atoms with Crippen molar-refractivity contribution < 1.29 is 4.39 Å². The summed E-state index contributed by atoms with van der Waals surface area (Å²) in [5.74, 6) is -0.207. The molecule has 0 fully saturated rings. The summed E-state index contributed by atoms with van der Waals surface area (Å²) in [5, 5.41) is 3.88. The molecule has 2 nitrogen and oxygen atoms in total. The fraction of sp³-hybridized carbons (Fsp3) is 0.308. The molecule has 0 aliphatic rings. The number of halogens is 1. The van der Waals surface area contributed by atoms with E-state index in [2.05, 4.69) is 10.3 Å². The van der Waals surface area contributed by atoms with Crippen molar-refractivity contribution in [2.75, 3.05) is 13.6 Å². The van der Waals surface area contributed by atoms with Crippen LogP contribution in [0.4, 0.5) is 4.39 Å². The fourth-order valence-corrected chi connectivity index (χ4v) is 2.74. The average Bonchev–Trinajstić information content (AvgIpc) is 2.68. The molecule has 2 aromatic rings. The van der Waals surface area contributed by atoms with Gasteiger partial charge in [-0.15, -0.1) is 11.3 Å². The normalized spacial score (nSPS) is 10.8. The summed E-state index contributed by atoms with van der Waals surface area (Å²) in [6.45, 7) is 2.89. The Balaban J connectivity index is 2.31. The van der Waals surface area contributed by atoms with Gasteiger partial charge in [-0.3, -0.25) is 0 Å². The molecule has 0 bridgehead atoms. The molecule has 90 valence electrons. The minimum absolute atomic E-state index is 0.207. The van der Waals surface area contributed by atoms with Crippen molar-refractivity contribution in [1.82, 2.24) is 10.3 Å². The van der Waals surface area contributed by atoms with Crippen molar-refractivity contribution in [2.45, 2.75) is 13.3 Å². The van der Waals surface area contributed by atoms with Gasteiger partial charge in [-0.1, -0.05) is 12.1 Å². The van der Waals surface area contributed by atoms with Crippen molar-refractivity contribution in [3.8, 4) is 10.6 Å². The molecule has 17 heavy (non-hydrogen) atoms. The van der Waals surface area contributed by atoms with E-state index in [-0.39, 0.29) is 5.82 Å². The summed E-state index contributed by atoms with van der Waals surface area (Å²) in [4.78, 5) is 5.67. The zero-order valence-electron chi connectivity index (χ0n) is 9.96. The molecule has 2 rings (SSSR count). The highest BCUT2D eigenvalue weighted by Gasteiger charge is 2.11. The van der Waals surface area contributed by atoms with Crippen LogP contribution in [0.2, 0.25) is 0 Å². The molecule has 0 spiro atoms. The van der Waals surface area contributed by atoms with E-state index in [1.807, 2.05) is 20.0 Å². The van der Waals surface area contributed by atoms with Gasteiger partial charge in [-0.05, 0) is 39.1 Å². The maximum atomic E-state index is 13.6. The first-order valence-corrected chi connectivity index (χ1v) is 6.40. The Bertz CT molecular complexity index is 508. The monoisotopic (exact) mass is 250 g/mol. The molecule has 4 heteroatoms. The van der Waals surface area contributed by atoms with Gasteiger partial charge in [0.25, 0.3) is 0 Å². The molecule has 1 N–H and O–H groups in total. The van der Waals surface area contributed by atoms with E-state index >= 15 is 0 Å². The Morgan fingerprint density at radius 3 is 2.82 bits per heavy atom. The highest BCUT2D eigenvalue weighted by Crippen LogP contribution is 2.29. The summed E-state index contributed by atoms with van der Waals surface area (Å²) in [5.41, 5.74) is 1.60. The Labute approximate surface area is 105 Å². The summed E-state index contributed by atoms with van der Waals surface area (Å²) in [6.07, 6.45) is 0.939. The van der Waals surface area contributed by atoms with E-state index in [4.69, 9.17) is 0 Å². The van der Waals surface area contributed by atoms with E-state index < -0.39 is 0 Å². The second-order valence-electron chi connectivity index (χ2n) is 3.86. The summed E-state index contributed by atoms with van der Waals surface area (Å²) in [7, 11) is 1.92. The van der Waals surface area contributed by atoms with Gasteiger partial charge in [-0.25, -0.2) is 9.37 Å². The van der Waals surface area contributed by atoms with Crippen molar-refractivity contribution in [1.29, 1.82) is 0 Å². The first-order chi connectivity index (χ1) is 8.22. The molecule has 0 saturated carbocycles. The highest BCUT2D eigenvalue weighted by atomic mass is 32.1. The minimum atomic E-state index is -0.207. The van der Waals surface area contributed by atoms with Crippen molar-refractivity contribution >= 4 is 11.3 Å². The number of rotatable bonds is 4. The molecule has 0 saturated heterocycles. The maximum Gasteiger partial charge on any atom is 0.133 e. The number of hydrogen-bond donors (Lipinski definition) is 1. The van der Waals surface area contributed by atoms with Gasteiger partial charge in [0.15, 0.2) is 0 Å². The Kier molecular flexibility index (Phi) is 3.86. The van der Waals surface area contributed by atoms with Gasteiger partial charge in [0, 0.05) is 10.4 Å². The largest absolute Gasteiger partial charge is 0.319 e. The highest BCUT2D eigenvalue weighted by molar-refractivity contribution is 7.15. The lowest BCUT2D eigenvalue weighted by molar-refractivity contribution is 0.631. The predicted molar refractivity (Wildman–Crippen MR) is 69.9 cm³/mol. The number of aromatic nitrogens is 1. The quantitative estimate of drug-likeness (QED) is 0.902. The third kappa shape index (κ3) is 2.70. The number of hydrogen-bond acceptors (Lipinski definition) is 3. The Morgan fingerprint density at radius 1 is 1.35 bits per heavy atom. The van der Waals surface area contributed by atoms with E-state index in [1.54, 1.807) is 23.5 Å². The number of nitrogens with one attached hydrogen (secondary N) is 1. The molecule has 0 unspecified atom stereocenters. The van der Waals surface area contributed by atoms with Crippen LogP contribution >= 0.6 is 11.3 Å². The van der Waals surface area contributed by atoms with Crippen molar-refractivity contribution in [2.24, 2.45) is 0 Å². The van der Waals surface area contributed by atoms with Gasteiger partial charge in [0.2, 0.25) is 0 Å². The minimum Gasteiger partial charge on any atom is -0.319 e. The Morgan fingerprint density at radius 2 is 2.12 bits per heavy atom. The van der Waals surface area contributed by atoms with Crippen LogP contribution < -0.4 is 5.32 Å². The molecule has 1 heterocycles. The third-order valence-electron chi connectivity index (χ3n) is 2.60. The van der Waals surface area contributed by atoms with Gasteiger partial charge >= 0.3 is 0 Å². The van der Waals surface area contributed by atoms with E-state index in [0.29, 0.717) is 5.56 Å². The standard InChI is InChI=1S/C13H15FN2S/c1-9-12(7-8-15-2)17-13(16-9)10-5-3-4-6-11(10)14/h3-6,15H,7-8H2,1-2H3. The first kappa shape index (κ1) is 12.2. The molecular weight excluding hydrogens is 235 g/mol. The summed E-state index contributed by atoms with van der Waals surface area (Å²) < 4.78 is 13.6. The zero-order valence-corrected chi connectivity index (χ0v) is 10.8. The van der Waals surface area contributed by atoms with Crippen LogP contribution in [0.3, 0.4) is 0 Å². The van der Waals surface area contributed by atoms with Crippen molar-refractivity contribution in [3.05, 3.63) is 40.7 Å². The molecule has 0 atom stereocenters. The van der Waals surface area contributed by atoms with E-state index in [1.165, 1.54) is 10.9 Å². The van der Waals surface area contributed by atoms with Crippen LogP contribution in [-0.2, 0) is 6.42 Å². The second-order valence-corrected chi connectivity index (χ2v) is 4.94. The first-order valence-electron chi connectivity index (χ1n) is 5.58. The Hall–Kier alpha value is -1.26. The van der Waals surface area contributed by atoms with Crippen LogP contribution in [-0.4, -0.2) is 18.6 Å². The average molecular weight is 250 g/mol. The number of thiazole rings is 1. The molecular formula is C13H15FN2S. The molecule has 0 aliphatic carbocycles. The maximum absolute atomic E-state index is 13.6. The van der Waals surface area contributed by atoms with Gasteiger partial charge in [-0.2, -0.15) is 0 Å². The number of nitrogens with zero attached hydrogens (tertiary/aromatic N) is 1. The molecule has 0 radical (unpaired) electrons. The predicted octanol–water partition coefficient (Wildman–Crippen LogP) is 3.02. The van der Waals surface area contributed by atoms with Crippen LogP contribution in [0.1, 0.15) is 10.6 Å². The third-order valence-corrected chi connectivity index (χ3v) is 3.85. The molecule has 1 aromatic heterocycles. The SMILES string of the molecule is CNCCc1sc(-c2ccccc2F)nc1C. The van der Waals surface area contributed by atoms with E-state index in [0.717, 1.165) is 23.7 Å². The summed E-state index contributed by atoms with van der Waals surface area (Å²) in [6, 6.07) is 6.78. The van der Waals surface area contributed by atoms with Crippen molar-refractivity contribution in [3.63, 3.8) is 0 Å². The van der Waals surface area contributed by atoms with Crippen LogP contribution in [0.5, 0.6) is 0 Å². The zero-order chi connectivity index (χ0) is 12.3. The van der Waals surface area contributed by atoms with Crippen LogP contribution in [0.25, 0.3) is 10.6 Å². The lowest BCUT2D eigenvalue weighted by Gasteiger charge is -1.97. The molecule has 0 amide bonds. The molecule has 1 aromatic carbocycles. The number of likely N-dealkylation sites (N-methyl/N-ethyl adjacent to an activating group) is 1. The van der Waals surface area contributed by atoms with Gasteiger partial charge < -0.3 is 5.32 Å². The van der Waals surface area contributed by atoms with Crippen LogP contribution in [0, 0.1) is 12.7 Å². The topological polar surface area (TPSA) is 24.9 Å². The second kappa shape index (κ2) is 5.38. The summed E-state index contributed by atoms with van der Waals surface area (Å²) >= 11 is 1.58. The van der Waals surface area contributed by atoms with Crippen LogP contribution in [0.15, 0.2) is 24.3 Å². The lowest BCUT2D eigenvalue weighted by atomic mass is 10.2.